The van der Waals surface area contributed by atoms with Crippen molar-refractivity contribution in [3.8, 4) is 0 Å². The molecule has 1 saturated heterocycles. The summed E-state index contributed by atoms with van der Waals surface area (Å²) in [5.41, 5.74) is 2.77. The second kappa shape index (κ2) is 6.72. The molecule has 1 aliphatic rings. The van der Waals surface area contributed by atoms with E-state index in [1.54, 1.807) is 0 Å². The number of carbonyl (C=O) groups excluding carboxylic acids is 1. The minimum Gasteiger partial charge on any atom is -0.381 e. The number of imidazole rings is 1. The highest BCUT2D eigenvalue weighted by Crippen LogP contribution is 2.30. The predicted octanol–water partition coefficient (Wildman–Crippen LogP) is 2.80. The van der Waals surface area contributed by atoms with Crippen molar-refractivity contribution >= 4 is 23.3 Å². The van der Waals surface area contributed by atoms with Crippen molar-refractivity contribution < 1.29 is 9.53 Å². The van der Waals surface area contributed by atoms with Crippen LogP contribution in [0, 0.1) is 6.92 Å². The molecule has 3 N–H and O–H groups in total. The van der Waals surface area contributed by atoms with Gasteiger partial charge in [-0.3, -0.25) is 9.89 Å². The van der Waals surface area contributed by atoms with E-state index in [1.807, 2.05) is 13.8 Å². The molecule has 1 fully saturated rings. The van der Waals surface area contributed by atoms with Crippen LogP contribution in [0.25, 0.3) is 0 Å². The molecule has 3 rings (SSSR count). The molecule has 1 aliphatic heterocycles. The lowest BCUT2D eigenvalue weighted by atomic mass is 9.94. The minimum atomic E-state index is -0.347. The number of amides is 1. The topological polar surface area (TPSA) is 95.7 Å². The maximum absolute atomic E-state index is 12.3. The molecule has 2 aromatic heterocycles. The van der Waals surface area contributed by atoms with Crippen LogP contribution in [0.5, 0.6) is 0 Å². The smallest absolute Gasteiger partial charge is 0.292 e. The number of rotatable bonds is 4. The van der Waals surface area contributed by atoms with Gasteiger partial charge in [0.05, 0.1) is 5.69 Å². The highest BCUT2D eigenvalue weighted by Gasteiger charge is 2.23. The summed E-state index contributed by atoms with van der Waals surface area (Å²) in [4.78, 5) is 19.3. The fourth-order valence-corrected chi connectivity index (χ4v) is 3.08. The van der Waals surface area contributed by atoms with E-state index in [9.17, 15) is 4.79 Å². The fraction of sp³-hybridized carbons (Fsp3) is 0.533. The number of ether oxygens (including phenoxy) is 1. The van der Waals surface area contributed by atoms with Crippen molar-refractivity contribution in [2.24, 2.45) is 0 Å². The number of nitrogens with one attached hydrogen (secondary N) is 3. The highest BCUT2D eigenvalue weighted by molar-refractivity contribution is 6.30. The van der Waals surface area contributed by atoms with E-state index in [4.69, 9.17) is 16.3 Å². The summed E-state index contributed by atoms with van der Waals surface area (Å²) in [6.45, 7) is 5.42. The van der Waals surface area contributed by atoms with E-state index in [0.717, 1.165) is 43.0 Å². The van der Waals surface area contributed by atoms with Gasteiger partial charge in [0.2, 0.25) is 0 Å². The van der Waals surface area contributed by atoms with Gasteiger partial charge in [-0.2, -0.15) is 5.10 Å². The molecule has 0 atom stereocenters. The van der Waals surface area contributed by atoms with Gasteiger partial charge in [0.15, 0.2) is 16.8 Å². The fourth-order valence-electron chi connectivity index (χ4n) is 2.81. The second-order valence-corrected chi connectivity index (χ2v) is 6.02. The zero-order valence-electron chi connectivity index (χ0n) is 13.2. The number of aromatic amines is 2. The molecular formula is C15H20ClN5O2. The van der Waals surface area contributed by atoms with Crippen molar-refractivity contribution in [2.45, 2.75) is 39.0 Å². The van der Waals surface area contributed by atoms with E-state index < -0.39 is 0 Å². The first kappa shape index (κ1) is 16.0. The molecule has 3 heterocycles. The van der Waals surface area contributed by atoms with E-state index in [0.29, 0.717) is 23.3 Å². The van der Waals surface area contributed by atoms with E-state index in [2.05, 4.69) is 25.5 Å². The number of H-pyrrole nitrogens is 2. The quantitative estimate of drug-likeness (QED) is 0.799. The monoisotopic (exact) mass is 337 g/mol. The standard InChI is InChI=1S/C15H20ClN5O2/c1-3-10-12(16)18-14(17-10)15(22)19-13-8(2)11(20-21-13)9-4-6-23-7-5-9/h9H,3-7H2,1-2H3,(H,17,18)(H2,19,20,21,22). The number of nitrogens with zero attached hydrogens (tertiary/aromatic N) is 2. The minimum absolute atomic E-state index is 0.196. The molecule has 0 bridgehead atoms. The first-order valence-corrected chi connectivity index (χ1v) is 8.16. The third kappa shape index (κ3) is 3.25. The van der Waals surface area contributed by atoms with E-state index in [1.165, 1.54) is 0 Å². The Kier molecular flexibility index (Phi) is 4.68. The molecule has 0 aliphatic carbocycles. The van der Waals surface area contributed by atoms with Crippen molar-refractivity contribution in [1.29, 1.82) is 0 Å². The van der Waals surface area contributed by atoms with Crippen LogP contribution in [-0.2, 0) is 11.2 Å². The van der Waals surface area contributed by atoms with Gasteiger partial charge in [0, 0.05) is 30.4 Å². The number of hydrogen-bond acceptors (Lipinski definition) is 4. The predicted molar refractivity (Wildman–Crippen MR) is 87.0 cm³/mol. The Labute approximate surface area is 139 Å². The Hall–Kier alpha value is -1.86. The van der Waals surface area contributed by atoms with Crippen molar-refractivity contribution in [2.75, 3.05) is 18.5 Å². The lowest BCUT2D eigenvalue weighted by Crippen LogP contribution is -2.16. The molecule has 7 nitrogen and oxygen atoms in total. The molecule has 0 aromatic carbocycles. The number of hydrogen-bond donors (Lipinski definition) is 3. The summed E-state index contributed by atoms with van der Waals surface area (Å²) in [5, 5.41) is 10.4. The molecule has 0 saturated carbocycles. The van der Waals surface area contributed by atoms with Crippen molar-refractivity contribution in [3.63, 3.8) is 0 Å². The third-order valence-electron chi connectivity index (χ3n) is 4.21. The maximum Gasteiger partial charge on any atom is 0.292 e. The van der Waals surface area contributed by atoms with Crippen LogP contribution in [-0.4, -0.2) is 39.3 Å². The van der Waals surface area contributed by atoms with Crippen molar-refractivity contribution in [3.05, 3.63) is 27.9 Å². The molecule has 0 unspecified atom stereocenters. The van der Waals surface area contributed by atoms with Crippen LogP contribution in [0.4, 0.5) is 5.82 Å². The summed E-state index contributed by atoms with van der Waals surface area (Å²) in [6, 6.07) is 0. The first-order chi connectivity index (χ1) is 11.1. The second-order valence-electron chi connectivity index (χ2n) is 5.66. The van der Waals surface area contributed by atoms with E-state index >= 15 is 0 Å². The van der Waals surface area contributed by atoms with Gasteiger partial charge in [0.1, 0.15) is 0 Å². The van der Waals surface area contributed by atoms with Gasteiger partial charge < -0.3 is 15.0 Å². The molecule has 0 spiro atoms. The normalized spacial score (nSPS) is 15.8. The zero-order chi connectivity index (χ0) is 16.4. The maximum atomic E-state index is 12.3. The van der Waals surface area contributed by atoms with Gasteiger partial charge >= 0.3 is 0 Å². The third-order valence-corrected chi connectivity index (χ3v) is 4.52. The Morgan fingerprint density at radius 2 is 2.17 bits per heavy atom. The number of aromatic nitrogens is 4. The summed E-state index contributed by atoms with van der Waals surface area (Å²) >= 11 is 5.97. The number of anilines is 1. The lowest BCUT2D eigenvalue weighted by molar-refractivity contribution is 0.0844. The van der Waals surface area contributed by atoms with Gasteiger partial charge in [0.25, 0.3) is 5.91 Å². The SMILES string of the molecule is CCc1[nH]c(C(=O)Nc2n[nH]c(C3CCOCC3)c2C)nc1Cl. The number of halogens is 1. The molecule has 1 amide bonds. The largest absolute Gasteiger partial charge is 0.381 e. The van der Waals surface area contributed by atoms with Crippen LogP contribution in [0.3, 0.4) is 0 Å². The summed E-state index contributed by atoms with van der Waals surface area (Å²) in [6.07, 6.45) is 2.61. The lowest BCUT2D eigenvalue weighted by Gasteiger charge is -2.21. The van der Waals surface area contributed by atoms with Gasteiger partial charge in [-0.25, -0.2) is 4.98 Å². The number of aryl methyl sites for hydroxylation is 1. The molecule has 0 radical (unpaired) electrons. The Morgan fingerprint density at radius 3 is 2.83 bits per heavy atom. The van der Waals surface area contributed by atoms with Gasteiger partial charge in [-0.1, -0.05) is 18.5 Å². The van der Waals surface area contributed by atoms with Crippen LogP contribution in [0.1, 0.15) is 53.3 Å². The zero-order valence-corrected chi connectivity index (χ0v) is 14.0. The van der Waals surface area contributed by atoms with E-state index in [-0.39, 0.29) is 11.7 Å². The van der Waals surface area contributed by atoms with Gasteiger partial charge in [-0.05, 0) is 26.2 Å². The summed E-state index contributed by atoms with van der Waals surface area (Å²) in [7, 11) is 0. The molecule has 2 aromatic rings. The first-order valence-electron chi connectivity index (χ1n) is 7.78. The molecule has 23 heavy (non-hydrogen) atoms. The Bertz CT molecular complexity index is 703. The molecular weight excluding hydrogens is 318 g/mol. The molecule has 124 valence electrons. The van der Waals surface area contributed by atoms with Crippen LogP contribution < -0.4 is 5.32 Å². The van der Waals surface area contributed by atoms with Gasteiger partial charge in [-0.15, -0.1) is 0 Å². The average molecular weight is 338 g/mol. The van der Waals surface area contributed by atoms with Crippen LogP contribution in [0.2, 0.25) is 5.15 Å². The van der Waals surface area contributed by atoms with Crippen LogP contribution >= 0.6 is 11.6 Å². The highest BCUT2D eigenvalue weighted by atomic mass is 35.5. The van der Waals surface area contributed by atoms with Crippen LogP contribution in [0.15, 0.2) is 0 Å². The Morgan fingerprint density at radius 1 is 1.43 bits per heavy atom. The Balaban J connectivity index is 1.74. The summed E-state index contributed by atoms with van der Waals surface area (Å²) < 4.78 is 5.39. The number of carbonyl (C=O) groups is 1. The summed E-state index contributed by atoms with van der Waals surface area (Å²) in [5.74, 6) is 0.773. The van der Waals surface area contributed by atoms with Crippen molar-refractivity contribution in [1.82, 2.24) is 20.2 Å². The average Bonchev–Trinajstić information content (AvgIpc) is 3.12. The molecule has 8 heteroatoms.